The third-order valence-corrected chi connectivity index (χ3v) is 7.62. The summed E-state index contributed by atoms with van der Waals surface area (Å²) in [5.41, 5.74) is 10.5. The molecule has 16 heteroatoms. The zero-order valence-electron chi connectivity index (χ0n) is 29.2. The van der Waals surface area contributed by atoms with Gasteiger partial charge in [-0.15, -0.1) is 11.6 Å². The van der Waals surface area contributed by atoms with E-state index in [9.17, 15) is 29.1 Å². The van der Waals surface area contributed by atoms with Crippen molar-refractivity contribution in [2.24, 2.45) is 34.2 Å². The average Bonchev–Trinajstić information content (AvgIpc) is 3.02. The Morgan fingerprint density at radius 1 is 0.979 bits per heavy atom. The minimum Gasteiger partial charge on any atom is -0.480 e. The maximum Gasteiger partial charge on any atom is 0.410 e. The van der Waals surface area contributed by atoms with Crippen LogP contribution in [0.2, 0.25) is 0 Å². The van der Waals surface area contributed by atoms with Crippen LogP contribution in [0.25, 0.3) is 0 Å². The fourth-order valence-corrected chi connectivity index (χ4v) is 5.26. The number of alkyl carbamates (subject to hydrolysis) is 1. The summed E-state index contributed by atoms with van der Waals surface area (Å²) in [5, 5.41) is 12.2. The Bertz CT molecular complexity index is 994. The van der Waals surface area contributed by atoms with Crippen molar-refractivity contribution < 1.29 is 38.6 Å². The van der Waals surface area contributed by atoms with Gasteiger partial charge in [0.2, 0.25) is 5.91 Å². The van der Waals surface area contributed by atoms with Gasteiger partial charge >= 0.3 is 24.2 Å². The normalized spacial score (nSPS) is 17.2. The van der Waals surface area contributed by atoms with Crippen LogP contribution in [0.3, 0.4) is 0 Å². The summed E-state index contributed by atoms with van der Waals surface area (Å²) in [6, 6.07) is -1.83. The molecule has 0 aromatic rings. The smallest absolute Gasteiger partial charge is 0.410 e. The van der Waals surface area contributed by atoms with Gasteiger partial charge in [-0.2, -0.15) is 0 Å². The van der Waals surface area contributed by atoms with E-state index in [4.69, 9.17) is 27.8 Å². The molecule has 2 saturated heterocycles. The van der Waals surface area contributed by atoms with E-state index in [0.717, 1.165) is 17.7 Å². The monoisotopic (exact) mass is 691 g/mol. The van der Waals surface area contributed by atoms with Crippen LogP contribution in [-0.4, -0.2) is 120 Å². The number of hydrogen-bond acceptors (Lipinski definition) is 8. The highest BCUT2D eigenvalue weighted by Gasteiger charge is 2.55. The maximum absolute atomic E-state index is 12.9. The summed E-state index contributed by atoms with van der Waals surface area (Å²) in [7, 11) is 0. The number of nitrogens with zero attached hydrogens (tertiary/aromatic N) is 4. The Balaban J connectivity index is 0.00000138. The number of likely N-dealkylation sites (tertiary alicyclic amines) is 1. The van der Waals surface area contributed by atoms with Gasteiger partial charge in [-0.05, 0) is 44.4 Å². The van der Waals surface area contributed by atoms with Gasteiger partial charge in [-0.1, -0.05) is 48.0 Å². The van der Waals surface area contributed by atoms with Crippen molar-refractivity contribution in [3.63, 3.8) is 0 Å². The fourth-order valence-electron chi connectivity index (χ4n) is 5.07. The molecule has 0 spiro atoms. The molecule has 2 aliphatic heterocycles. The number of halogens is 1. The number of carbonyl (C=O) groups is 5. The van der Waals surface area contributed by atoms with Crippen molar-refractivity contribution in [1.29, 1.82) is 0 Å². The van der Waals surface area contributed by atoms with Crippen LogP contribution in [0, 0.1) is 17.8 Å². The molecule has 6 N–H and O–H groups in total. The molecule has 2 rings (SSSR count). The third kappa shape index (κ3) is 15.3. The lowest BCUT2D eigenvalue weighted by atomic mass is 9.83. The number of piperazine rings is 1. The Labute approximate surface area is 284 Å². The number of nitrogens with two attached hydrogens (primary N) is 2. The molecule has 5 amide bonds. The molecule has 272 valence electrons. The number of β-lactam (4-membered cyclic amide) rings is 1. The molecule has 0 radical (unpaired) electrons. The van der Waals surface area contributed by atoms with Crippen molar-refractivity contribution >= 4 is 47.7 Å². The molecule has 0 bridgehead atoms. The first-order chi connectivity index (χ1) is 22.3. The van der Waals surface area contributed by atoms with Gasteiger partial charge in [0.05, 0.1) is 12.5 Å². The number of nitrogens with one attached hydrogen (secondary N) is 1. The number of aliphatic imine (C=N–C) groups is 1. The van der Waals surface area contributed by atoms with E-state index in [1.807, 2.05) is 41.5 Å². The van der Waals surface area contributed by atoms with E-state index in [-0.39, 0.29) is 56.2 Å². The number of alkyl halides is 1. The Morgan fingerprint density at radius 3 is 2.04 bits per heavy atom. The summed E-state index contributed by atoms with van der Waals surface area (Å²) < 4.78 is 10.3. The van der Waals surface area contributed by atoms with Crippen LogP contribution >= 0.6 is 11.6 Å². The standard InChI is InChI=1S/C22H38N6O6.C7H14ClNO2.C2H6/c1-13(2)17(14(3)4)34-22(33)27-11-9-26(10-12-27)21(32)28-16(19(30)31)15(18(28)29)7-5-6-8-25-20(23)24;1-2-11-7(10)9-6-4-3-5-8;1-2/h13-17H,5-12H2,1-4H3,(H,30,31)(H4,23,24,25);2-6H2,1H3,(H,9,10);1-2H3/t15-,16?;;/m1../s1. The highest BCUT2D eigenvalue weighted by molar-refractivity contribution is 6.17. The summed E-state index contributed by atoms with van der Waals surface area (Å²) in [6.07, 6.45) is 2.36. The number of urea groups is 1. The van der Waals surface area contributed by atoms with Crippen LogP contribution < -0.4 is 16.8 Å². The Morgan fingerprint density at radius 2 is 1.55 bits per heavy atom. The predicted molar refractivity (Wildman–Crippen MR) is 181 cm³/mol. The van der Waals surface area contributed by atoms with Crippen molar-refractivity contribution in [2.45, 2.75) is 92.7 Å². The van der Waals surface area contributed by atoms with Gasteiger partial charge in [-0.25, -0.2) is 24.1 Å². The minimum atomic E-state index is -1.21. The number of guanidine groups is 1. The SMILES string of the molecule is CC.CC(C)C(OC(=O)N1CCN(C(=O)N2C(=O)[C@H](CCCCN=C(N)N)C2C(=O)O)CC1)C(C)C.CCOC(=O)NCCCCCl. The lowest BCUT2D eigenvalue weighted by molar-refractivity contribution is -0.167. The highest BCUT2D eigenvalue weighted by Crippen LogP contribution is 2.32. The van der Waals surface area contributed by atoms with Crippen molar-refractivity contribution in [3.05, 3.63) is 0 Å². The zero-order chi connectivity index (χ0) is 36.1. The number of ether oxygens (including phenoxy) is 2. The van der Waals surface area contributed by atoms with Gasteiger partial charge in [0, 0.05) is 45.1 Å². The number of amides is 5. The second-order valence-electron chi connectivity index (χ2n) is 11.5. The number of carboxylic acid groups (broad SMARTS) is 1. The number of aliphatic carboxylic acids is 1. The summed E-state index contributed by atoms with van der Waals surface area (Å²) in [6.45, 7) is 16.1. The highest BCUT2D eigenvalue weighted by atomic mass is 35.5. The number of hydrogen-bond donors (Lipinski definition) is 4. The summed E-state index contributed by atoms with van der Waals surface area (Å²) >= 11 is 5.43. The number of unbranched alkanes of at least 4 members (excludes halogenated alkanes) is 2. The Kier molecular flexibility index (Phi) is 22.0. The van der Waals surface area contributed by atoms with E-state index in [1.54, 1.807) is 6.92 Å². The number of rotatable bonds is 14. The van der Waals surface area contributed by atoms with Crippen LogP contribution in [-0.2, 0) is 19.1 Å². The van der Waals surface area contributed by atoms with E-state index in [1.165, 1.54) is 9.80 Å². The van der Waals surface area contributed by atoms with Crippen LogP contribution in [0.5, 0.6) is 0 Å². The maximum atomic E-state index is 12.9. The molecule has 15 nitrogen and oxygen atoms in total. The molecule has 0 saturated carbocycles. The molecular weight excluding hydrogens is 634 g/mol. The molecule has 0 aromatic heterocycles. The Hall–Kier alpha value is -3.49. The van der Waals surface area contributed by atoms with E-state index < -0.39 is 36.0 Å². The quantitative estimate of drug-likeness (QED) is 0.0682. The summed E-state index contributed by atoms with van der Waals surface area (Å²) in [4.78, 5) is 68.1. The first-order valence-electron chi connectivity index (χ1n) is 16.6. The molecule has 0 aromatic carbocycles. The van der Waals surface area contributed by atoms with Gasteiger partial charge in [0.1, 0.15) is 6.10 Å². The number of carboxylic acids is 1. The van der Waals surface area contributed by atoms with Crippen LogP contribution in [0.15, 0.2) is 4.99 Å². The third-order valence-electron chi connectivity index (χ3n) is 7.36. The molecule has 47 heavy (non-hydrogen) atoms. The van der Waals surface area contributed by atoms with E-state index in [0.29, 0.717) is 44.8 Å². The lowest BCUT2D eigenvalue weighted by Gasteiger charge is -2.46. The second-order valence-corrected chi connectivity index (χ2v) is 11.9. The topological polar surface area (TPSA) is 210 Å². The van der Waals surface area contributed by atoms with Gasteiger partial charge in [-0.3, -0.25) is 9.79 Å². The van der Waals surface area contributed by atoms with Crippen LogP contribution in [0.1, 0.15) is 80.6 Å². The van der Waals surface area contributed by atoms with Crippen molar-refractivity contribution in [1.82, 2.24) is 20.0 Å². The first kappa shape index (κ1) is 43.5. The first-order valence-corrected chi connectivity index (χ1v) is 17.1. The molecule has 2 atom stereocenters. The predicted octanol–water partition coefficient (Wildman–Crippen LogP) is 3.67. The number of imide groups is 1. The van der Waals surface area contributed by atoms with Crippen LogP contribution in [0.4, 0.5) is 14.4 Å². The van der Waals surface area contributed by atoms with Crippen molar-refractivity contribution in [2.75, 3.05) is 51.8 Å². The van der Waals surface area contributed by atoms with E-state index >= 15 is 0 Å². The molecule has 2 heterocycles. The van der Waals surface area contributed by atoms with Gasteiger partial charge < -0.3 is 41.2 Å². The fraction of sp³-hybridized carbons (Fsp3) is 0.806. The molecular formula is C31H58ClN7O8. The van der Waals surface area contributed by atoms with E-state index in [2.05, 4.69) is 15.0 Å². The number of carbonyl (C=O) groups excluding carboxylic acids is 4. The largest absolute Gasteiger partial charge is 0.480 e. The molecule has 1 unspecified atom stereocenters. The molecule has 2 fully saturated rings. The molecule has 2 aliphatic rings. The minimum absolute atomic E-state index is 0.0204. The summed E-state index contributed by atoms with van der Waals surface area (Å²) in [5.74, 6) is -1.47. The molecule has 0 aliphatic carbocycles. The average molecular weight is 692 g/mol. The zero-order valence-corrected chi connectivity index (χ0v) is 30.0. The van der Waals surface area contributed by atoms with Gasteiger partial charge in [0.15, 0.2) is 12.0 Å². The van der Waals surface area contributed by atoms with Gasteiger partial charge in [0.25, 0.3) is 0 Å². The second kappa shape index (κ2) is 23.8. The lowest BCUT2D eigenvalue weighted by Crippen LogP contribution is -2.69. The van der Waals surface area contributed by atoms with Crippen molar-refractivity contribution in [3.8, 4) is 0 Å².